The molecular weight excluding hydrogens is 200 g/mol. The van der Waals surface area contributed by atoms with E-state index in [0.29, 0.717) is 5.91 Å². The van der Waals surface area contributed by atoms with Crippen LogP contribution in [0.15, 0.2) is 0 Å². The Morgan fingerprint density at radius 2 is 2.31 bits per heavy atom. The van der Waals surface area contributed by atoms with Gasteiger partial charge in [0, 0.05) is 19.5 Å². The highest BCUT2D eigenvalue weighted by Gasteiger charge is 2.18. The smallest absolute Gasteiger partial charge is 0.222 e. The van der Waals surface area contributed by atoms with Crippen molar-refractivity contribution < 1.29 is 4.79 Å². The van der Waals surface area contributed by atoms with E-state index in [1.165, 1.54) is 12.8 Å². The molecule has 0 saturated carbocycles. The molecule has 1 atom stereocenters. The quantitative estimate of drug-likeness (QED) is 0.642. The highest BCUT2D eigenvalue weighted by Crippen LogP contribution is 2.09. The van der Waals surface area contributed by atoms with E-state index in [-0.39, 0.29) is 0 Å². The minimum Gasteiger partial charge on any atom is -0.343 e. The summed E-state index contributed by atoms with van der Waals surface area (Å²) < 4.78 is 0. The van der Waals surface area contributed by atoms with Gasteiger partial charge >= 0.3 is 0 Å². The Hall–Kier alpha value is -0.570. The lowest BCUT2D eigenvalue weighted by Gasteiger charge is -2.16. The molecule has 1 aliphatic heterocycles. The maximum absolute atomic E-state index is 11.3. The van der Waals surface area contributed by atoms with Gasteiger partial charge in [0.25, 0.3) is 0 Å². The monoisotopic (exact) mass is 226 g/mol. The van der Waals surface area contributed by atoms with Crippen molar-refractivity contribution in [1.82, 2.24) is 10.2 Å². The van der Waals surface area contributed by atoms with Crippen molar-refractivity contribution in [3.63, 3.8) is 0 Å². The Bertz CT molecular complexity index is 206. The van der Waals surface area contributed by atoms with Crippen LogP contribution in [-0.2, 0) is 4.79 Å². The van der Waals surface area contributed by atoms with E-state index in [9.17, 15) is 4.79 Å². The molecule has 1 saturated heterocycles. The van der Waals surface area contributed by atoms with Gasteiger partial charge in [-0.05, 0) is 38.3 Å². The van der Waals surface area contributed by atoms with Crippen molar-refractivity contribution in [2.45, 2.75) is 46.0 Å². The highest BCUT2D eigenvalue weighted by atomic mass is 16.2. The fourth-order valence-electron chi connectivity index (χ4n) is 2.28. The summed E-state index contributed by atoms with van der Waals surface area (Å²) in [6, 6.07) is 0. The summed E-state index contributed by atoms with van der Waals surface area (Å²) in [7, 11) is 0. The van der Waals surface area contributed by atoms with Crippen LogP contribution in [0.5, 0.6) is 0 Å². The topological polar surface area (TPSA) is 32.3 Å². The molecule has 0 aromatic carbocycles. The molecule has 1 rings (SSSR count). The predicted octanol–water partition coefficient (Wildman–Crippen LogP) is 2.02. The first-order valence-electron chi connectivity index (χ1n) is 6.72. The molecule has 1 amide bonds. The molecule has 1 heterocycles. The van der Waals surface area contributed by atoms with Crippen molar-refractivity contribution in [2.24, 2.45) is 5.92 Å². The van der Waals surface area contributed by atoms with E-state index >= 15 is 0 Å². The summed E-state index contributed by atoms with van der Waals surface area (Å²) in [4.78, 5) is 13.3. The molecule has 1 N–H and O–H groups in total. The molecule has 1 unspecified atom stereocenters. The molecule has 0 spiro atoms. The van der Waals surface area contributed by atoms with E-state index in [4.69, 9.17) is 0 Å². The third kappa shape index (κ3) is 4.97. The Morgan fingerprint density at radius 3 is 2.94 bits per heavy atom. The second-order valence-electron chi connectivity index (χ2n) is 4.94. The van der Waals surface area contributed by atoms with Gasteiger partial charge in [0.05, 0.1) is 0 Å². The Morgan fingerprint density at radius 1 is 1.50 bits per heavy atom. The van der Waals surface area contributed by atoms with Crippen molar-refractivity contribution in [3.8, 4) is 0 Å². The summed E-state index contributed by atoms with van der Waals surface area (Å²) in [5.74, 6) is 1.12. The lowest BCUT2D eigenvalue weighted by atomic mass is 10.1. The lowest BCUT2D eigenvalue weighted by Crippen LogP contribution is -2.29. The fourth-order valence-corrected chi connectivity index (χ4v) is 2.28. The third-order valence-corrected chi connectivity index (χ3v) is 3.23. The zero-order valence-electron chi connectivity index (χ0n) is 10.8. The molecule has 16 heavy (non-hydrogen) atoms. The van der Waals surface area contributed by atoms with E-state index < -0.39 is 0 Å². The normalized spacial score (nSPS) is 18.1. The van der Waals surface area contributed by atoms with Crippen LogP contribution in [0.4, 0.5) is 0 Å². The molecule has 1 fully saturated rings. The number of carbonyl (C=O) groups excluding carboxylic acids is 1. The van der Waals surface area contributed by atoms with Gasteiger partial charge in [-0.15, -0.1) is 0 Å². The van der Waals surface area contributed by atoms with Crippen LogP contribution < -0.4 is 5.32 Å². The maximum atomic E-state index is 11.3. The zero-order chi connectivity index (χ0) is 11.8. The standard InChI is InChI=1S/C13H26N2O/c1-3-6-12(2)11-14-8-5-10-15-9-4-7-13(15)16/h12,14H,3-11H2,1-2H3. The average Bonchev–Trinajstić information content (AvgIpc) is 2.64. The zero-order valence-corrected chi connectivity index (χ0v) is 10.8. The lowest BCUT2D eigenvalue weighted by molar-refractivity contribution is -0.127. The second-order valence-corrected chi connectivity index (χ2v) is 4.94. The summed E-state index contributed by atoms with van der Waals surface area (Å²) in [6.45, 7) is 8.59. The third-order valence-electron chi connectivity index (χ3n) is 3.23. The summed E-state index contributed by atoms with van der Waals surface area (Å²) in [5.41, 5.74) is 0. The van der Waals surface area contributed by atoms with E-state index in [2.05, 4.69) is 19.2 Å². The minimum atomic E-state index is 0.347. The van der Waals surface area contributed by atoms with Gasteiger partial charge in [-0.2, -0.15) is 0 Å². The first kappa shape index (κ1) is 13.5. The molecule has 3 nitrogen and oxygen atoms in total. The molecule has 0 aromatic heterocycles. The summed E-state index contributed by atoms with van der Waals surface area (Å²) in [5, 5.41) is 3.47. The van der Waals surface area contributed by atoms with Crippen molar-refractivity contribution in [1.29, 1.82) is 0 Å². The van der Waals surface area contributed by atoms with Crippen LogP contribution in [0.1, 0.15) is 46.0 Å². The van der Waals surface area contributed by atoms with Crippen molar-refractivity contribution in [3.05, 3.63) is 0 Å². The van der Waals surface area contributed by atoms with Gasteiger partial charge in [-0.1, -0.05) is 20.3 Å². The Labute approximate surface area is 99.6 Å². The average molecular weight is 226 g/mol. The number of hydrogen-bond acceptors (Lipinski definition) is 2. The number of amides is 1. The largest absolute Gasteiger partial charge is 0.343 e. The van der Waals surface area contributed by atoms with Crippen molar-refractivity contribution >= 4 is 5.91 Å². The highest BCUT2D eigenvalue weighted by molar-refractivity contribution is 5.77. The SMILES string of the molecule is CCCC(C)CNCCCN1CCCC1=O. The van der Waals surface area contributed by atoms with Gasteiger partial charge in [0.1, 0.15) is 0 Å². The van der Waals surface area contributed by atoms with E-state index in [0.717, 1.165) is 51.4 Å². The fraction of sp³-hybridized carbons (Fsp3) is 0.923. The molecule has 0 bridgehead atoms. The number of hydrogen-bond donors (Lipinski definition) is 1. The number of rotatable bonds is 8. The van der Waals surface area contributed by atoms with Crippen LogP contribution >= 0.6 is 0 Å². The first-order chi connectivity index (χ1) is 7.74. The molecule has 0 aliphatic carbocycles. The predicted molar refractivity (Wildman–Crippen MR) is 67.4 cm³/mol. The number of nitrogens with zero attached hydrogens (tertiary/aromatic N) is 1. The maximum Gasteiger partial charge on any atom is 0.222 e. The summed E-state index contributed by atoms with van der Waals surface area (Å²) >= 11 is 0. The van der Waals surface area contributed by atoms with Gasteiger partial charge in [-0.25, -0.2) is 0 Å². The number of likely N-dealkylation sites (tertiary alicyclic amines) is 1. The minimum absolute atomic E-state index is 0.347. The van der Waals surface area contributed by atoms with Crippen LogP contribution in [0, 0.1) is 5.92 Å². The van der Waals surface area contributed by atoms with Gasteiger partial charge in [-0.3, -0.25) is 4.79 Å². The second kappa shape index (κ2) is 7.66. The van der Waals surface area contributed by atoms with Crippen LogP contribution in [-0.4, -0.2) is 37.0 Å². The Balaban J connectivity index is 1.93. The van der Waals surface area contributed by atoms with Crippen LogP contribution in [0.25, 0.3) is 0 Å². The molecule has 0 aromatic rings. The number of carbonyl (C=O) groups is 1. The van der Waals surface area contributed by atoms with Crippen LogP contribution in [0.2, 0.25) is 0 Å². The van der Waals surface area contributed by atoms with E-state index in [1.807, 2.05) is 4.90 Å². The molecule has 3 heteroatoms. The van der Waals surface area contributed by atoms with E-state index in [1.54, 1.807) is 0 Å². The summed E-state index contributed by atoms with van der Waals surface area (Å²) in [6.07, 6.45) is 5.48. The molecular formula is C13H26N2O. The Kier molecular flexibility index (Phi) is 6.46. The first-order valence-corrected chi connectivity index (χ1v) is 6.72. The van der Waals surface area contributed by atoms with Gasteiger partial charge in [0.2, 0.25) is 5.91 Å². The van der Waals surface area contributed by atoms with Crippen LogP contribution in [0.3, 0.4) is 0 Å². The van der Waals surface area contributed by atoms with Gasteiger partial charge in [0.15, 0.2) is 0 Å². The van der Waals surface area contributed by atoms with Crippen molar-refractivity contribution in [2.75, 3.05) is 26.2 Å². The molecule has 0 radical (unpaired) electrons. The molecule has 94 valence electrons. The number of nitrogens with one attached hydrogen (secondary N) is 1. The molecule has 1 aliphatic rings. The van der Waals surface area contributed by atoms with Gasteiger partial charge < -0.3 is 10.2 Å².